The van der Waals surface area contributed by atoms with Crippen molar-refractivity contribution in [1.82, 2.24) is 5.32 Å². The Bertz CT molecular complexity index is 935. The summed E-state index contributed by atoms with van der Waals surface area (Å²) in [6.45, 7) is 2.09. The maximum atomic E-state index is 6.21. The van der Waals surface area contributed by atoms with Crippen LogP contribution in [-0.4, -0.2) is 6.54 Å². The fourth-order valence-electron chi connectivity index (χ4n) is 2.69. The van der Waals surface area contributed by atoms with Crippen molar-refractivity contribution in [3.8, 4) is 5.75 Å². The van der Waals surface area contributed by atoms with Gasteiger partial charge in [0.05, 0.1) is 4.47 Å². The van der Waals surface area contributed by atoms with Crippen LogP contribution in [0.2, 0.25) is 15.1 Å². The number of benzene rings is 3. The third kappa shape index (κ3) is 7.67. The smallest absolute Gasteiger partial charge is 0.134 e. The van der Waals surface area contributed by atoms with Crippen molar-refractivity contribution in [3.63, 3.8) is 0 Å². The Balaban J connectivity index is 0.00000300. The van der Waals surface area contributed by atoms with E-state index in [1.54, 1.807) is 6.07 Å². The molecular weight excluding hydrogens is 516 g/mol. The molecule has 0 bridgehead atoms. The van der Waals surface area contributed by atoms with Crippen LogP contribution in [0.1, 0.15) is 16.7 Å². The summed E-state index contributed by atoms with van der Waals surface area (Å²) in [5.41, 5.74) is 3.33. The molecule has 0 saturated heterocycles. The van der Waals surface area contributed by atoms with Gasteiger partial charge in [0.15, 0.2) is 0 Å². The number of rotatable bonds is 8. The Kier molecular flexibility index (Phi) is 10.1. The average Bonchev–Trinajstić information content (AvgIpc) is 2.67. The van der Waals surface area contributed by atoms with Crippen molar-refractivity contribution in [3.05, 3.63) is 96.9 Å². The van der Waals surface area contributed by atoms with Gasteiger partial charge in [-0.25, -0.2) is 0 Å². The Morgan fingerprint density at radius 1 is 0.828 bits per heavy atom. The van der Waals surface area contributed by atoms with Gasteiger partial charge in [0.1, 0.15) is 12.4 Å². The molecule has 1 N–H and O–H groups in total. The molecule has 0 spiro atoms. The van der Waals surface area contributed by atoms with Crippen LogP contribution in [0.4, 0.5) is 0 Å². The summed E-state index contributed by atoms with van der Waals surface area (Å²) < 4.78 is 6.82. The lowest BCUT2D eigenvalue weighted by molar-refractivity contribution is 0.304. The number of halogens is 5. The molecule has 154 valence electrons. The van der Waals surface area contributed by atoms with Gasteiger partial charge in [0, 0.05) is 21.6 Å². The van der Waals surface area contributed by atoms with Crippen molar-refractivity contribution in [2.24, 2.45) is 0 Å². The molecule has 3 aromatic rings. The van der Waals surface area contributed by atoms with Crippen LogP contribution in [0.3, 0.4) is 0 Å². The molecule has 0 aliphatic carbocycles. The quantitative estimate of drug-likeness (QED) is 0.298. The van der Waals surface area contributed by atoms with Gasteiger partial charge in [-0.1, -0.05) is 59.1 Å². The van der Waals surface area contributed by atoms with Crippen LogP contribution in [0, 0.1) is 0 Å². The third-order valence-electron chi connectivity index (χ3n) is 4.22. The maximum absolute atomic E-state index is 6.21. The molecule has 0 unspecified atom stereocenters. The molecule has 0 heterocycles. The fourth-order valence-corrected chi connectivity index (χ4v) is 3.86. The molecule has 0 fully saturated rings. The van der Waals surface area contributed by atoms with Crippen molar-refractivity contribution in [1.29, 1.82) is 0 Å². The molecule has 2 nitrogen and oxygen atoms in total. The van der Waals surface area contributed by atoms with Crippen LogP contribution in [0.15, 0.2) is 65.1 Å². The van der Waals surface area contributed by atoms with Crippen molar-refractivity contribution >= 4 is 63.1 Å². The van der Waals surface area contributed by atoms with E-state index in [2.05, 4.69) is 33.4 Å². The number of nitrogens with one attached hydrogen (secondary N) is 1. The van der Waals surface area contributed by atoms with E-state index in [-0.39, 0.29) is 12.4 Å². The molecule has 3 rings (SSSR count). The van der Waals surface area contributed by atoms with Crippen LogP contribution in [0.25, 0.3) is 0 Å². The summed E-state index contributed by atoms with van der Waals surface area (Å²) in [6, 6.07) is 19.4. The van der Waals surface area contributed by atoms with Crippen LogP contribution in [-0.2, 0) is 19.6 Å². The molecule has 0 radical (unpaired) electrons. The SMILES string of the molecule is Cl.Clc1ccc(COc2ccc(CNCCc3ccc(Cl)cc3Cl)cc2Br)cc1. The highest BCUT2D eigenvalue weighted by Gasteiger charge is 2.05. The van der Waals surface area contributed by atoms with Gasteiger partial charge >= 0.3 is 0 Å². The van der Waals surface area contributed by atoms with Gasteiger partial charge in [0.2, 0.25) is 0 Å². The minimum atomic E-state index is 0. The largest absolute Gasteiger partial charge is 0.488 e. The Labute approximate surface area is 201 Å². The van der Waals surface area contributed by atoms with E-state index in [9.17, 15) is 0 Å². The van der Waals surface area contributed by atoms with Gasteiger partial charge in [0.25, 0.3) is 0 Å². The lowest BCUT2D eigenvalue weighted by atomic mass is 10.1. The predicted molar refractivity (Wildman–Crippen MR) is 129 cm³/mol. The van der Waals surface area contributed by atoms with E-state index in [0.29, 0.717) is 16.7 Å². The maximum Gasteiger partial charge on any atom is 0.134 e. The fraction of sp³-hybridized carbons (Fsp3) is 0.182. The number of hydrogen-bond acceptors (Lipinski definition) is 2. The van der Waals surface area contributed by atoms with Gasteiger partial charge in [-0.3, -0.25) is 0 Å². The van der Waals surface area contributed by atoms with E-state index < -0.39 is 0 Å². The zero-order valence-electron chi connectivity index (χ0n) is 15.4. The summed E-state index contributed by atoms with van der Waals surface area (Å²) in [6.07, 6.45) is 0.847. The monoisotopic (exact) mass is 533 g/mol. The van der Waals surface area contributed by atoms with Crippen molar-refractivity contribution in [2.75, 3.05) is 6.54 Å². The van der Waals surface area contributed by atoms with Crippen molar-refractivity contribution < 1.29 is 4.74 Å². The van der Waals surface area contributed by atoms with E-state index >= 15 is 0 Å². The van der Waals surface area contributed by atoms with Crippen LogP contribution < -0.4 is 10.1 Å². The van der Waals surface area contributed by atoms with E-state index in [0.717, 1.165) is 45.9 Å². The first kappa shape index (κ1) is 24.3. The highest BCUT2D eigenvalue weighted by Crippen LogP contribution is 2.27. The zero-order chi connectivity index (χ0) is 19.9. The van der Waals surface area contributed by atoms with Crippen LogP contribution >= 0.6 is 63.1 Å². The highest BCUT2D eigenvalue weighted by atomic mass is 79.9. The second kappa shape index (κ2) is 12.0. The van der Waals surface area contributed by atoms with Crippen molar-refractivity contribution in [2.45, 2.75) is 19.6 Å². The topological polar surface area (TPSA) is 21.3 Å². The van der Waals surface area contributed by atoms with Gasteiger partial charge in [-0.05, 0) is 82.0 Å². The molecule has 0 saturated carbocycles. The molecule has 0 aromatic heterocycles. The third-order valence-corrected chi connectivity index (χ3v) is 5.68. The molecule has 29 heavy (non-hydrogen) atoms. The molecular formula is C22H20BrCl4NO. The molecule has 0 aliphatic rings. The molecule has 3 aromatic carbocycles. The first-order valence-corrected chi connectivity index (χ1v) is 10.7. The molecule has 0 atom stereocenters. The Morgan fingerprint density at radius 3 is 2.21 bits per heavy atom. The lowest BCUT2D eigenvalue weighted by Gasteiger charge is -2.11. The second-order valence-corrected chi connectivity index (χ2v) is 8.48. The minimum Gasteiger partial charge on any atom is -0.488 e. The second-order valence-electron chi connectivity index (χ2n) is 6.34. The Morgan fingerprint density at radius 2 is 1.52 bits per heavy atom. The summed E-state index contributed by atoms with van der Waals surface area (Å²) >= 11 is 21.6. The van der Waals surface area contributed by atoms with Gasteiger partial charge in [-0.15, -0.1) is 12.4 Å². The normalized spacial score (nSPS) is 10.5. The zero-order valence-corrected chi connectivity index (χ0v) is 20.1. The summed E-state index contributed by atoms with van der Waals surface area (Å²) in [5.74, 6) is 0.812. The summed E-state index contributed by atoms with van der Waals surface area (Å²) in [5, 5.41) is 5.52. The van der Waals surface area contributed by atoms with E-state index in [4.69, 9.17) is 39.5 Å². The molecule has 0 aliphatic heterocycles. The summed E-state index contributed by atoms with van der Waals surface area (Å²) in [4.78, 5) is 0. The number of hydrogen-bond donors (Lipinski definition) is 1. The van der Waals surface area contributed by atoms with Crippen LogP contribution in [0.5, 0.6) is 5.75 Å². The molecule has 0 amide bonds. The predicted octanol–water partition coefficient (Wildman–Crippen LogP) is 7.74. The Hall–Kier alpha value is -0.940. The molecule has 7 heteroatoms. The van der Waals surface area contributed by atoms with E-state index in [1.807, 2.05) is 42.5 Å². The average molecular weight is 536 g/mol. The standard InChI is InChI=1S/C22H19BrCl3NO.ClH/c23-20-11-16(13-27-10-9-17-4-7-19(25)12-21(17)26)3-8-22(20)28-14-15-1-5-18(24)6-2-15;/h1-8,11-12,27H,9-10,13-14H2;1H. The number of ether oxygens (including phenoxy) is 1. The van der Waals surface area contributed by atoms with Gasteiger partial charge in [-0.2, -0.15) is 0 Å². The van der Waals surface area contributed by atoms with Gasteiger partial charge < -0.3 is 10.1 Å². The summed E-state index contributed by atoms with van der Waals surface area (Å²) in [7, 11) is 0. The lowest BCUT2D eigenvalue weighted by Crippen LogP contribution is -2.16. The first-order chi connectivity index (χ1) is 13.5. The minimum absolute atomic E-state index is 0. The highest BCUT2D eigenvalue weighted by molar-refractivity contribution is 9.10. The van der Waals surface area contributed by atoms with E-state index in [1.165, 1.54) is 5.56 Å². The first-order valence-electron chi connectivity index (χ1n) is 8.81.